The van der Waals surface area contributed by atoms with E-state index in [9.17, 15) is 0 Å². The highest BCUT2D eigenvalue weighted by Gasteiger charge is 2.21. The second-order valence-electron chi connectivity index (χ2n) is 4.14. The fourth-order valence-electron chi connectivity index (χ4n) is 1.92. The zero-order valence-electron chi connectivity index (χ0n) is 10.6. The minimum atomic E-state index is -0.0221. The van der Waals surface area contributed by atoms with E-state index in [1.54, 1.807) is 17.1 Å². The lowest BCUT2D eigenvalue weighted by Gasteiger charge is -2.18. The van der Waals surface area contributed by atoms with E-state index >= 15 is 0 Å². The normalized spacial score (nSPS) is 12.6. The number of pyridine rings is 1. The zero-order chi connectivity index (χ0) is 13.0. The van der Waals surface area contributed by atoms with Crippen LogP contribution in [-0.2, 0) is 7.05 Å². The topological polar surface area (TPSA) is 42.7 Å². The van der Waals surface area contributed by atoms with Gasteiger partial charge in [0.15, 0.2) is 0 Å². The van der Waals surface area contributed by atoms with Gasteiger partial charge in [-0.3, -0.25) is 9.67 Å². The summed E-state index contributed by atoms with van der Waals surface area (Å²) < 4.78 is 1.80. The molecular formula is C13H17ClN4. The van der Waals surface area contributed by atoms with Gasteiger partial charge in [0.1, 0.15) is 0 Å². The molecule has 5 heteroatoms. The summed E-state index contributed by atoms with van der Waals surface area (Å²) in [6, 6.07) is 5.86. The third-order valence-corrected chi connectivity index (χ3v) is 3.08. The summed E-state index contributed by atoms with van der Waals surface area (Å²) in [5.74, 6) is 0. The number of hydrogen-bond donors (Lipinski definition) is 1. The Bertz CT molecular complexity index is 475. The van der Waals surface area contributed by atoms with Crippen molar-refractivity contribution in [3.05, 3.63) is 47.0 Å². The number of aryl methyl sites for hydroxylation is 1. The lowest BCUT2D eigenvalue weighted by Crippen LogP contribution is -2.26. The second kappa shape index (κ2) is 5.98. The van der Waals surface area contributed by atoms with E-state index in [-0.39, 0.29) is 6.04 Å². The first kappa shape index (κ1) is 13.1. The highest BCUT2D eigenvalue weighted by molar-refractivity contribution is 6.31. The SMILES string of the molecule is CCCNC(c1ccccn1)c1c(Cl)cnn1C. The fourth-order valence-corrected chi connectivity index (χ4v) is 2.20. The molecule has 0 spiro atoms. The van der Waals surface area contributed by atoms with E-state index in [0.717, 1.165) is 24.4 Å². The smallest absolute Gasteiger partial charge is 0.0937 e. The Labute approximate surface area is 112 Å². The lowest BCUT2D eigenvalue weighted by atomic mass is 10.1. The van der Waals surface area contributed by atoms with Crippen molar-refractivity contribution in [1.29, 1.82) is 0 Å². The van der Waals surface area contributed by atoms with E-state index in [0.29, 0.717) is 5.02 Å². The van der Waals surface area contributed by atoms with Crippen LogP contribution in [0.1, 0.15) is 30.8 Å². The lowest BCUT2D eigenvalue weighted by molar-refractivity contribution is 0.544. The van der Waals surface area contributed by atoms with Crippen LogP contribution in [0, 0.1) is 0 Å². The summed E-state index contributed by atoms with van der Waals surface area (Å²) in [7, 11) is 1.89. The predicted molar refractivity (Wildman–Crippen MR) is 72.6 cm³/mol. The third kappa shape index (κ3) is 2.71. The first-order valence-electron chi connectivity index (χ1n) is 6.05. The van der Waals surface area contributed by atoms with Crippen LogP contribution in [0.4, 0.5) is 0 Å². The maximum atomic E-state index is 6.22. The van der Waals surface area contributed by atoms with Gasteiger partial charge in [0.2, 0.25) is 0 Å². The molecule has 0 aliphatic carbocycles. The van der Waals surface area contributed by atoms with E-state index in [4.69, 9.17) is 11.6 Å². The summed E-state index contributed by atoms with van der Waals surface area (Å²) in [4.78, 5) is 4.41. The molecule has 1 atom stereocenters. The quantitative estimate of drug-likeness (QED) is 0.903. The van der Waals surface area contributed by atoms with Gasteiger partial charge >= 0.3 is 0 Å². The van der Waals surface area contributed by atoms with E-state index < -0.39 is 0 Å². The first-order valence-corrected chi connectivity index (χ1v) is 6.43. The monoisotopic (exact) mass is 264 g/mol. The molecule has 18 heavy (non-hydrogen) atoms. The molecule has 2 aromatic rings. The number of hydrogen-bond acceptors (Lipinski definition) is 3. The standard InChI is InChI=1S/C13H17ClN4/c1-3-7-16-12(11-6-4-5-8-15-11)13-10(14)9-17-18(13)2/h4-6,8-9,12,16H,3,7H2,1-2H3. The molecule has 96 valence electrons. The Morgan fingerprint density at radius 2 is 2.28 bits per heavy atom. The Kier molecular flexibility index (Phi) is 4.33. The number of aromatic nitrogens is 3. The highest BCUT2D eigenvalue weighted by Crippen LogP contribution is 2.26. The van der Waals surface area contributed by atoms with Crippen LogP contribution in [0.2, 0.25) is 5.02 Å². The molecule has 0 aromatic carbocycles. The molecule has 0 saturated carbocycles. The van der Waals surface area contributed by atoms with Crippen LogP contribution in [0.5, 0.6) is 0 Å². The third-order valence-electron chi connectivity index (χ3n) is 2.79. The minimum Gasteiger partial charge on any atom is -0.304 e. The summed E-state index contributed by atoms with van der Waals surface area (Å²) in [6.45, 7) is 3.04. The van der Waals surface area contributed by atoms with Crippen molar-refractivity contribution in [2.45, 2.75) is 19.4 Å². The van der Waals surface area contributed by atoms with Gasteiger partial charge in [0.05, 0.1) is 28.6 Å². The van der Waals surface area contributed by atoms with Gasteiger partial charge < -0.3 is 5.32 Å². The average Bonchev–Trinajstić information content (AvgIpc) is 2.72. The van der Waals surface area contributed by atoms with Gasteiger partial charge in [-0.2, -0.15) is 5.10 Å². The molecule has 0 bridgehead atoms. The highest BCUT2D eigenvalue weighted by atomic mass is 35.5. The molecule has 0 saturated heterocycles. The molecule has 0 amide bonds. The van der Waals surface area contributed by atoms with Crippen LogP contribution in [0.25, 0.3) is 0 Å². The van der Waals surface area contributed by atoms with E-state index in [1.807, 2.05) is 25.2 Å². The largest absolute Gasteiger partial charge is 0.304 e. The van der Waals surface area contributed by atoms with Gasteiger partial charge in [0, 0.05) is 13.2 Å². The van der Waals surface area contributed by atoms with Crippen LogP contribution < -0.4 is 5.32 Å². The zero-order valence-corrected chi connectivity index (χ0v) is 11.4. The number of halogens is 1. The summed E-state index contributed by atoms with van der Waals surface area (Å²) in [5.41, 5.74) is 1.90. The predicted octanol–water partition coefficient (Wildman–Crippen LogP) is 2.56. The van der Waals surface area contributed by atoms with E-state index in [1.165, 1.54) is 0 Å². The molecule has 2 rings (SSSR count). The van der Waals surface area contributed by atoms with Crippen molar-refractivity contribution >= 4 is 11.6 Å². The van der Waals surface area contributed by atoms with Crippen molar-refractivity contribution in [3.63, 3.8) is 0 Å². The van der Waals surface area contributed by atoms with Crippen LogP contribution >= 0.6 is 11.6 Å². The van der Waals surface area contributed by atoms with Crippen LogP contribution in [0.15, 0.2) is 30.6 Å². The molecule has 2 aromatic heterocycles. The molecular weight excluding hydrogens is 248 g/mol. The summed E-state index contributed by atoms with van der Waals surface area (Å²) in [5, 5.41) is 8.31. The fraction of sp³-hybridized carbons (Fsp3) is 0.385. The maximum Gasteiger partial charge on any atom is 0.0937 e. The molecule has 2 heterocycles. The van der Waals surface area contributed by atoms with Crippen molar-refractivity contribution in [2.75, 3.05) is 6.54 Å². The van der Waals surface area contributed by atoms with Gasteiger partial charge in [-0.1, -0.05) is 24.6 Å². The van der Waals surface area contributed by atoms with Gasteiger partial charge in [-0.15, -0.1) is 0 Å². The molecule has 0 aliphatic rings. The van der Waals surface area contributed by atoms with Crippen LogP contribution in [0.3, 0.4) is 0 Å². The van der Waals surface area contributed by atoms with Crippen molar-refractivity contribution < 1.29 is 0 Å². The average molecular weight is 265 g/mol. The number of nitrogens with zero attached hydrogens (tertiary/aromatic N) is 3. The Morgan fingerprint density at radius 3 is 2.83 bits per heavy atom. The molecule has 0 aliphatic heterocycles. The molecule has 4 nitrogen and oxygen atoms in total. The van der Waals surface area contributed by atoms with Gasteiger partial charge in [0.25, 0.3) is 0 Å². The van der Waals surface area contributed by atoms with Crippen LogP contribution in [-0.4, -0.2) is 21.3 Å². The Morgan fingerprint density at radius 1 is 1.44 bits per heavy atom. The van der Waals surface area contributed by atoms with Gasteiger partial charge in [-0.25, -0.2) is 0 Å². The molecule has 0 fully saturated rings. The maximum absolute atomic E-state index is 6.22. The number of rotatable bonds is 5. The molecule has 1 N–H and O–H groups in total. The number of nitrogens with one attached hydrogen (secondary N) is 1. The minimum absolute atomic E-state index is 0.0221. The van der Waals surface area contributed by atoms with Crippen molar-refractivity contribution in [1.82, 2.24) is 20.1 Å². The first-order chi connectivity index (χ1) is 8.74. The Hall–Kier alpha value is -1.39. The van der Waals surface area contributed by atoms with Crippen molar-refractivity contribution in [2.24, 2.45) is 7.05 Å². The summed E-state index contributed by atoms with van der Waals surface area (Å²) in [6.07, 6.45) is 4.51. The summed E-state index contributed by atoms with van der Waals surface area (Å²) >= 11 is 6.22. The van der Waals surface area contributed by atoms with Crippen molar-refractivity contribution in [3.8, 4) is 0 Å². The second-order valence-corrected chi connectivity index (χ2v) is 4.55. The molecule has 1 unspecified atom stereocenters. The Balaban J connectivity index is 2.37. The van der Waals surface area contributed by atoms with Gasteiger partial charge in [-0.05, 0) is 25.1 Å². The van der Waals surface area contributed by atoms with E-state index in [2.05, 4.69) is 22.3 Å². The molecule has 0 radical (unpaired) electrons.